The fraction of sp³-hybridized carbons (Fsp3) is 0.200. The molecule has 0 fully saturated rings. The summed E-state index contributed by atoms with van der Waals surface area (Å²) in [6, 6.07) is 6.17. The first-order chi connectivity index (χ1) is 7.59. The van der Waals surface area contributed by atoms with Gasteiger partial charge in [-0.15, -0.1) is 11.8 Å². The number of halogens is 1. The SMILES string of the molecule is NC(=O)CNC(=O)CSc1ccccc1F. The molecule has 0 spiro atoms. The molecule has 0 aromatic heterocycles. The van der Waals surface area contributed by atoms with Crippen molar-refractivity contribution in [1.82, 2.24) is 5.32 Å². The molecular formula is C10H11FN2O2S. The van der Waals surface area contributed by atoms with Crippen LogP contribution in [0.25, 0.3) is 0 Å². The van der Waals surface area contributed by atoms with Crippen LogP contribution in [-0.4, -0.2) is 24.1 Å². The number of rotatable bonds is 5. The fourth-order valence-electron chi connectivity index (χ4n) is 0.942. The van der Waals surface area contributed by atoms with Gasteiger partial charge in [-0.2, -0.15) is 0 Å². The third-order valence-corrected chi connectivity index (χ3v) is 2.70. The van der Waals surface area contributed by atoms with E-state index in [9.17, 15) is 14.0 Å². The molecule has 16 heavy (non-hydrogen) atoms. The second-order valence-electron chi connectivity index (χ2n) is 2.96. The lowest BCUT2D eigenvalue weighted by Gasteiger charge is -2.03. The molecule has 0 atom stereocenters. The molecule has 4 nitrogen and oxygen atoms in total. The molecule has 0 aliphatic carbocycles. The van der Waals surface area contributed by atoms with Crippen LogP contribution in [0, 0.1) is 5.82 Å². The maximum Gasteiger partial charge on any atom is 0.236 e. The number of carbonyl (C=O) groups excluding carboxylic acids is 2. The van der Waals surface area contributed by atoms with Crippen LogP contribution in [0.5, 0.6) is 0 Å². The van der Waals surface area contributed by atoms with E-state index in [1.807, 2.05) is 0 Å². The van der Waals surface area contributed by atoms with Crippen LogP contribution in [-0.2, 0) is 9.59 Å². The number of primary amides is 1. The van der Waals surface area contributed by atoms with Gasteiger partial charge >= 0.3 is 0 Å². The Morgan fingerprint density at radius 1 is 1.38 bits per heavy atom. The fourth-order valence-corrected chi connectivity index (χ4v) is 1.71. The molecule has 3 N–H and O–H groups in total. The predicted octanol–water partition coefficient (Wildman–Crippen LogP) is 0.519. The van der Waals surface area contributed by atoms with Gasteiger partial charge in [-0.05, 0) is 12.1 Å². The van der Waals surface area contributed by atoms with Crippen molar-refractivity contribution < 1.29 is 14.0 Å². The first-order valence-corrected chi connectivity index (χ1v) is 5.50. The lowest BCUT2D eigenvalue weighted by atomic mass is 10.3. The smallest absolute Gasteiger partial charge is 0.236 e. The van der Waals surface area contributed by atoms with Crippen molar-refractivity contribution >= 4 is 23.6 Å². The van der Waals surface area contributed by atoms with Crippen molar-refractivity contribution in [1.29, 1.82) is 0 Å². The second-order valence-corrected chi connectivity index (χ2v) is 3.98. The number of thioether (sulfide) groups is 1. The van der Waals surface area contributed by atoms with Crippen LogP contribution < -0.4 is 11.1 Å². The van der Waals surface area contributed by atoms with Crippen LogP contribution in [0.4, 0.5) is 4.39 Å². The van der Waals surface area contributed by atoms with Gasteiger partial charge in [-0.3, -0.25) is 9.59 Å². The molecule has 0 bridgehead atoms. The van der Waals surface area contributed by atoms with E-state index in [0.717, 1.165) is 11.8 Å². The minimum atomic E-state index is -0.607. The Kier molecular flexibility index (Phi) is 4.78. The molecule has 0 saturated carbocycles. The van der Waals surface area contributed by atoms with Gasteiger partial charge in [0.05, 0.1) is 12.3 Å². The average Bonchev–Trinajstić information content (AvgIpc) is 2.25. The maximum atomic E-state index is 13.1. The highest BCUT2D eigenvalue weighted by atomic mass is 32.2. The molecule has 86 valence electrons. The first kappa shape index (κ1) is 12.5. The topological polar surface area (TPSA) is 72.2 Å². The van der Waals surface area contributed by atoms with Gasteiger partial charge in [0.15, 0.2) is 0 Å². The monoisotopic (exact) mass is 242 g/mol. The van der Waals surface area contributed by atoms with Gasteiger partial charge in [0.25, 0.3) is 0 Å². The zero-order valence-corrected chi connectivity index (χ0v) is 9.22. The molecule has 1 aromatic rings. The molecule has 0 radical (unpaired) electrons. The third-order valence-electron chi connectivity index (χ3n) is 1.66. The number of benzene rings is 1. The van der Waals surface area contributed by atoms with Crippen molar-refractivity contribution in [2.75, 3.05) is 12.3 Å². The van der Waals surface area contributed by atoms with Crippen molar-refractivity contribution in [3.05, 3.63) is 30.1 Å². The Morgan fingerprint density at radius 2 is 2.06 bits per heavy atom. The van der Waals surface area contributed by atoms with Crippen molar-refractivity contribution in [3.63, 3.8) is 0 Å². The number of nitrogens with two attached hydrogens (primary N) is 1. The Labute approximate surface area is 96.4 Å². The quantitative estimate of drug-likeness (QED) is 0.739. The van der Waals surface area contributed by atoms with Crippen molar-refractivity contribution in [3.8, 4) is 0 Å². The largest absolute Gasteiger partial charge is 0.368 e. The highest BCUT2D eigenvalue weighted by Gasteiger charge is 2.06. The summed E-state index contributed by atoms with van der Waals surface area (Å²) in [5, 5.41) is 2.32. The van der Waals surface area contributed by atoms with E-state index in [-0.39, 0.29) is 24.0 Å². The zero-order chi connectivity index (χ0) is 12.0. The van der Waals surface area contributed by atoms with Crippen LogP contribution in [0.15, 0.2) is 29.2 Å². The lowest BCUT2D eigenvalue weighted by molar-refractivity contribution is -0.123. The number of hydrogen-bond acceptors (Lipinski definition) is 3. The highest BCUT2D eigenvalue weighted by Crippen LogP contribution is 2.20. The number of nitrogens with one attached hydrogen (secondary N) is 1. The Balaban J connectivity index is 2.37. The molecule has 1 aromatic carbocycles. The van der Waals surface area contributed by atoms with Gasteiger partial charge in [0.1, 0.15) is 5.82 Å². The third kappa shape index (κ3) is 4.31. The Morgan fingerprint density at radius 3 is 2.69 bits per heavy atom. The molecule has 0 saturated heterocycles. The Hall–Kier alpha value is -1.56. The summed E-state index contributed by atoms with van der Waals surface area (Å²) in [4.78, 5) is 21.9. The summed E-state index contributed by atoms with van der Waals surface area (Å²) in [7, 11) is 0. The van der Waals surface area contributed by atoms with Gasteiger partial charge in [-0.1, -0.05) is 12.1 Å². The summed E-state index contributed by atoms with van der Waals surface area (Å²) >= 11 is 1.07. The minimum Gasteiger partial charge on any atom is -0.368 e. The van der Waals surface area contributed by atoms with E-state index < -0.39 is 5.91 Å². The highest BCUT2D eigenvalue weighted by molar-refractivity contribution is 8.00. The number of hydrogen-bond donors (Lipinski definition) is 2. The summed E-state index contributed by atoms with van der Waals surface area (Å²) in [5.74, 6) is -1.28. The van der Waals surface area contributed by atoms with E-state index >= 15 is 0 Å². The molecule has 0 aliphatic heterocycles. The van der Waals surface area contributed by atoms with Crippen LogP contribution in [0.2, 0.25) is 0 Å². The van der Waals surface area contributed by atoms with E-state index in [2.05, 4.69) is 5.32 Å². The van der Waals surface area contributed by atoms with E-state index in [1.165, 1.54) is 6.07 Å². The second kappa shape index (κ2) is 6.12. The predicted molar refractivity (Wildman–Crippen MR) is 59.3 cm³/mol. The molecule has 0 unspecified atom stereocenters. The zero-order valence-electron chi connectivity index (χ0n) is 8.40. The summed E-state index contributed by atoms with van der Waals surface area (Å²) in [6.45, 7) is -0.198. The van der Waals surface area contributed by atoms with E-state index in [1.54, 1.807) is 18.2 Å². The summed E-state index contributed by atoms with van der Waals surface area (Å²) in [5.41, 5.74) is 4.85. The van der Waals surface area contributed by atoms with Gasteiger partial charge in [-0.25, -0.2) is 4.39 Å². The molecule has 0 aliphatic rings. The molecular weight excluding hydrogens is 231 g/mol. The normalized spacial score (nSPS) is 9.81. The molecule has 6 heteroatoms. The average molecular weight is 242 g/mol. The Bertz CT molecular complexity index is 398. The number of carbonyl (C=O) groups is 2. The molecule has 1 rings (SSSR count). The standard InChI is InChI=1S/C10H11FN2O2S/c11-7-3-1-2-4-8(7)16-6-10(15)13-5-9(12)14/h1-4H,5-6H2,(H2,12,14)(H,13,15). The lowest BCUT2D eigenvalue weighted by Crippen LogP contribution is -2.34. The van der Waals surface area contributed by atoms with Gasteiger partial charge < -0.3 is 11.1 Å². The maximum absolute atomic E-state index is 13.1. The molecule has 0 heterocycles. The first-order valence-electron chi connectivity index (χ1n) is 4.52. The van der Waals surface area contributed by atoms with Crippen LogP contribution in [0.3, 0.4) is 0 Å². The van der Waals surface area contributed by atoms with E-state index in [4.69, 9.17) is 5.73 Å². The number of amides is 2. The van der Waals surface area contributed by atoms with E-state index in [0.29, 0.717) is 4.90 Å². The van der Waals surface area contributed by atoms with Crippen LogP contribution >= 0.6 is 11.8 Å². The van der Waals surface area contributed by atoms with Crippen molar-refractivity contribution in [2.24, 2.45) is 5.73 Å². The summed E-state index contributed by atoms with van der Waals surface area (Å²) in [6.07, 6.45) is 0. The summed E-state index contributed by atoms with van der Waals surface area (Å²) < 4.78 is 13.1. The van der Waals surface area contributed by atoms with Gasteiger partial charge in [0, 0.05) is 4.90 Å². The minimum absolute atomic E-state index is 0.0498. The van der Waals surface area contributed by atoms with Gasteiger partial charge in [0.2, 0.25) is 11.8 Å². The van der Waals surface area contributed by atoms with Crippen LogP contribution in [0.1, 0.15) is 0 Å². The van der Waals surface area contributed by atoms with Crippen molar-refractivity contribution in [2.45, 2.75) is 4.90 Å². The molecule has 2 amide bonds.